The first-order valence-corrected chi connectivity index (χ1v) is 7.66. The van der Waals surface area contributed by atoms with Crippen LogP contribution < -0.4 is 5.32 Å². The fraction of sp³-hybridized carbons (Fsp3) is 0.368. The summed E-state index contributed by atoms with van der Waals surface area (Å²) >= 11 is 0. The summed E-state index contributed by atoms with van der Waals surface area (Å²) in [7, 11) is 2.07. The fourth-order valence-corrected chi connectivity index (χ4v) is 3.51. The van der Waals surface area contributed by atoms with E-state index in [-0.39, 0.29) is 0 Å². The summed E-state index contributed by atoms with van der Waals surface area (Å²) in [5, 5.41) is 3.36. The van der Waals surface area contributed by atoms with E-state index < -0.39 is 0 Å². The number of nitrogens with one attached hydrogen (secondary N) is 1. The molecule has 2 aromatic carbocycles. The highest BCUT2D eigenvalue weighted by Gasteiger charge is 2.25. The Morgan fingerprint density at radius 1 is 1.00 bits per heavy atom. The highest BCUT2D eigenvalue weighted by atomic mass is 14.8. The van der Waals surface area contributed by atoms with E-state index in [4.69, 9.17) is 0 Å². The minimum absolute atomic E-state index is 0.549. The zero-order valence-corrected chi connectivity index (χ0v) is 12.2. The van der Waals surface area contributed by atoms with Crippen molar-refractivity contribution in [2.75, 3.05) is 13.6 Å². The summed E-state index contributed by atoms with van der Waals surface area (Å²) in [6, 6.07) is 20.0. The molecule has 0 saturated heterocycles. The smallest absolute Gasteiger partial charge is 0.00951 e. The van der Waals surface area contributed by atoms with Gasteiger partial charge in [-0.05, 0) is 55.5 Å². The molecule has 0 saturated carbocycles. The van der Waals surface area contributed by atoms with E-state index in [9.17, 15) is 0 Å². The average molecular weight is 265 g/mol. The molecule has 2 atom stereocenters. The van der Waals surface area contributed by atoms with Crippen molar-refractivity contribution in [1.82, 2.24) is 5.32 Å². The van der Waals surface area contributed by atoms with E-state index in [0.29, 0.717) is 5.92 Å². The van der Waals surface area contributed by atoms with Gasteiger partial charge in [-0.15, -0.1) is 0 Å². The van der Waals surface area contributed by atoms with Gasteiger partial charge in [0.2, 0.25) is 0 Å². The van der Waals surface area contributed by atoms with Gasteiger partial charge in [-0.2, -0.15) is 0 Å². The van der Waals surface area contributed by atoms with Gasteiger partial charge in [-0.3, -0.25) is 0 Å². The van der Waals surface area contributed by atoms with Gasteiger partial charge in [-0.25, -0.2) is 0 Å². The van der Waals surface area contributed by atoms with E-state index >= 15 is 0 Å². The number of benzene rings is 2. The molecule has 1 heteroatoms. The zero-order chi connectivity index (χ0) is 13.8. The molecule has 1 aliphatic carbocycles. The molecule has 1 nitrogen and oxygen atoms in total. The molecule has 1 aliphatic rings. The SMILES string of the molecule is CNCC1CCc2ccccc2C(c2ccccc2)C1. The molecule has 0 radical (unpaired) electrons. The van der Waals surface area contributed by atoms with Crippen LogP contribution in [0.15, 0.2) is 54.6 Å². The minimum Gasteiger partial charge on any atom is -0.319 e. The third-order valence-electron chi connectivity index (χ3n) is 4.52. The molecule has 2 unspecified atom stereocenters. The lowest BCUT2D eigenvalue weighted by Gasteiger charge is -2.22. The van der Waals surface area contributed by atoms with Crippen LogP contribution in [0.3, 0.4) is 0 Å². The predicted octanol–water partition coefficient (Wildman–Crippen LogP) is 3.99. The van der Waals surface area contributed by atoms with E-state index in [1.807, 2.05) is 0 Å². The molecule has 0 fully saturated rings. The van der Waals surface area contributed by atoms with E-state index in [1.54, 1.807) is 5.56 Å². The van der Waals surface area contributed by atoms with Crippen LogP contribution in [0, 0.1) is 5.92 Å². The lowest BCUT2D eigenvalue weighted by Crippen LogP contribution is -2.20. The van der Waals surface area contributed by atoms with Crippen molar-refractivity contribution in [3.05, 3.63) is 71.3 Å². The summed E-state index contributed by atoms with van der Waals surface area (Å²) < 4.78 is 0. The monoisotopic (exact) mass is 265 g/mol. The number of hydrogen-bond acceptors (Lipinski definition) is 1. The van der Waals surface area contributed by atoms with Gasteiger partial charge in [0, 0.05) is 5.92 Å². The van der Waals surface area contributed by atoms with Crippen LogP contribution in [0.1, 0.15) is 35.4 Å². The second-order valence-corrected chi connectivity index (χ2v) is 5.86. The summed E-state index contributed by atoms with van der Waals surface area (Å²) in [4.78, 5) is 0. The van der Waals surface area contributed by atoms with Crippen LogP contribution >= 0.6 is 0 Å². The first-order chi connectivity index (χ1) is 9.88. The van der Waals surface area contributed by atoms with Crippen LogP contribution in [-0.4, -0.2) is 13.6 Å². The molecule has 104 valence electrons. The van der Waals surface area contributed by atoms with Gasteiger partial charge in [0.05, 0.1) is 0 Å². The molecule has 0 aromatic heterocycles. The van der Waals surface area contributed by atoms with E-state index in [0.717, 1.165) is 12.5 Å². The Labute approximate surface area is 122 Å². The van der Waals surface area contributed by atoms with Crippen molar-refractivity contribution in [2.24, 2.45) is 5.92 Å². The molecule has 0 bridgehead atoms. The molecule has 0 amide bonds. The Balaban J connectivity index is 1.99. The molecular weight excluding hydrogens is 242 g/mol. The molecule has 0 spiro atoms. The molecule has 20 heavy (non-hydrogen) atoms. The third kappa shape index (κ3) is 2.78. The van der Waals surface area contributed by atoms with Crippen LogP contribution in [0.25, 0.3) is 0 Å². The highest BCUT2D eigenvalue weighted by Crippen LogP contribution is 2.37. The normalized spacial score (nSPS) is 22.1. The summed E-state index contributed by atoms with van der Waals surface area (Å²) in [5.41, 5.74) is 4.54. The molecular formula is C19H23N. The maximum Gasteiger partial charge on any atom is 0.00951 e. The average Bonchev–Trinajstić information content (AvgIpc) is 2.69. The van der Waals surface area contributed by atoms with Crippen molar-refractivity contribution in [1.29, 1.82) is 0 Å². The minimum atomic E-state index is 0.549. The highest BCUT2D eigenvalue weighted by molar-refractivity contribution is 5.39. The Bertz CT molecular complexity index is 547. The van der Waals surface area contributed by atoms with Crippen molar-refractivity contribution >= 4 is 0 Å². The van der Waals surface area contributed by atoms with Gasteiger partial charge >= 0.3 is 0 Å². The molecule has 2 aromatic rings. The first kappa shape index (κ1) is 13.4. The van der Waals surface area contributed by atoms with Gasteiger partial charge in [0.25, 0.3) is 0 Å². The Morgan fingerprint density at radius 2 is 1.75 bits per heavy atom. The Kier molecular flexibility index (Phi) is 4.17. The van der Waals surface area contributed by atoms with Gasteiger partial charge < -0.3 is 5.32 Å². The lowest BCUT2D eigenvalue weighted by atomic mass is 9.84. The van der Waals surface area contributed by atoms with Crippen LogP contribution in [0.2, 0.25) is 0 Å². The van der Waals surface area contributed by atoms with Crippen molar-refractivity contribution in [2.45, 2.75) is 25.2 Å². The maximum absolute atomic E-state index is 3.36. The molecule has 0 aliphatic heterocycles. The molecule has 3 rings (SSSR count). The standard InChI is InChI=1S/C19H23N/c1-20-14-15-11-12-17-9-5-6-10-18(17)19(13-15)16-7-3-2-4-8-16/h2-10,15,19-20H,11-14H2,1H3. The van der Waals surface area contributed by atoms with Crippen LogP contribution in [-0.2, 0) is 6.42 Å². The first-order valence-electron chi connectivity index (χ1n) is 7.66. The summed E-state index contributed by atoms with van der Waals surface area (Å²) in [6.45, 7) is 1.12. The fourth-order valence-electron chi connectivity index (χ4n) is 3.51. The van der Waals surface area contributed by atoms with Gasteiger partial charge in [0.15, 0.2) is 0 Å². The second kappa shape index (κ2) is 6.23. The summed E-state index contributed by atoms with van der Waals surface area (Å²) in [6.07, 6.45) is 3.76. The number of fused-ring (bicyclic) bond motifs is 1. The molecule has 0 heterocycles. The molecule has 1 N–H and O–H groups in total. The Hall–Kier alpha value is -1.60. The van der Waals surface area contributed by atoms with Crippen molar-refractivity contribution < 1.29 is 0 Å². The second-order valence-electron chi connectivity index (χ2n) is 5.86. The van der Waals surface area contributed by atoms with E-state index in [2.05, 4.69) is 67.0 Å². The predicted molar refractivity (Wildman–Crippen MR) is 85.1 cm³/mol. The zero-order valence-electron chi connectivity index (χ0n) is 12.2. The maximum atomic E-state index is 3.36. The third-order valence-corrected chi connectivity index (χ3v) is 4.52. The number of rotatable bonds is 3. The number of hydrogen-bond donors (Lipinski definition) is 1. The topological polar surface area (TPSA) is 12.0 Å². The van der Waals surface area contributed by atoms with Crippen LogP contribution in [0.5, 0.6) is 0 Å². The largest absolute Gasteiger partial charge is 0.319 e. The number of aryl methyl sites for hydroxylation is 1. The van der Waals surface area contributed by atoms with Crippen LogP contribution in [0.4, 0.5) is 0 Å². The lowest BCUT2D eigenvalue weighted by molar-refractivity contribution is 0.427. The van der Waals surface area contributed by atoms with Crippen molar-refractivity contribution in [3.63, 3.8) is 0 Å². The van der Waals surface area contributed by atoms with E-state index in [1.165, 1.54) is 30.4 Å². The quantitative estimate of drug-likeness (QED) is 0.827. The van der Waals surface area contributed by atoms with Crippen molar-refractivity contribution in [3.8, 4) is 0 Å². The van der Waals surface area contributed by atoms with Gasteiger partial charge in [-0.1, -0.05) is 54.6 Å². The summed E-state index contributed by atoms with van der Waals surface area (Å²) in [5.74, 6) is 1.31. The Morgan fingerprint density at radius 3 is 2.55 bits per heavy atom. The van der Waals surface area contributed by atoms with Gasteiger partial charge in [0.1, 0.15) is 0 Å².